The summed E-state index contributed by atoms with van der Waals surface area (Å²) in [5, 5.41) is 17.1. The summed E-state index contributed by atoms with van der Waals surface area (Å²) in [6.07, 6.45) is 1.49. The second-order valence-corrected chi connectivity index (χ2v) is 7.00. The molecule has 0 saturated heterocycles. The van der Waals surface area contributed by atoms with E-state index in [4.69, 9.17) is 4.74 Å². The number of ether oxygens (including phenoxy) is 1. The first-order valence-electron chi connectivity index (χ1n) is 9.87. The van der Waals surface area contributed by atoms with Crippen LogP contribution in [-0.2, 0) is 6.61 Å². The summed E-state index contributed by atoms with van der Waals surface area (Å²) in [7, 11) is 0. The Kier molecular flexibility index (Phi) is 6.17. The van der Waals surface area contributed by atoms with E-state index in [-0.39, 0.29) is 11.3 Å². The van der Waals surface area contributed by atoms with Crippen LogP contribution >= 0.6 is 0 Å². The summed E-state index contributed by atoms with van der Waals surface area (Å²) in [4.78, 5) is 22.4. The number of nitrogens with zero attached hydrogens (tertiary/aromatic N) is 2. The summed E-state index contributed by atoms with van der Waals surface area (Å²) in [5.74, 6) is 0.190. The molecular formula is C25H19N3O4. The molecule has 0 radical (unpaired) electrons. The minimum atomic E-state index is -0.552. The van der Waals surface area contributed by atoms with Crippen molar-refractivity contribution in [1.82, 2.24) is 5.43 Å². The highest BCUT2D eigenvalue weighted by Gasteiger charge is 2.10. The summed E-state index contributed by atoms with van der Waals surface area (Å²) in [6, 6.07) is 27.1. The lowest BCUT2D eigenvalue weighted by atomic mass is 10.1. The summed E-state index contributed by atoms with van der Waals surface area (Å²) >= 11 is 0. The van der Waals surface area contributed by atoms with E-state index in [1.807, 2.05) is 48.5 Å². The Hall–Kier alpha value is -4.52. The zero-order valence-corrected chi connectivity index (χ0v) is 17.0. The van der Waals surface area contributed by atoms with E-state index in [0.717, 1.165) is 16.9 Å². The van der Waals surface area contributed by atoms with Crippen LogP contribution in [0.5, 0.6) is 5.75 Å². The molecule has 4 aromatic rings. The molecule has 4 aromatic carbocycles. The molecule has 0 aliphatic rings. The van der Waals surface area contributed by atoms with Gasteiger partial charge in [-0.05, 0) is 52.2 Å². The van der Waals surface area contributed by atoms with Crippen molar-refractivity contribution in [2.45, 2.75) is 6.61 Å². The van der Waals surface area contributed by atoms with E-state index in [1.54, 1.807) is 0 Å². The van der Waals surface area contributed by atoms with Gasteiger partial charge in [0.15, 0.2) is 0 Å². The predicted octanol–water partition coefficient (Wildman–Crippen LogP) is 5.09. The molecule has 0 saturated carbocycles. The Bertz CT molecular complexity index is 1290. The van der Waals surface area contributed by atoms with Crippen molar-refractivity contribution >= 4 is 28.6 Å². The van der Waals surface area contributed by atoms with E-state index < -0.39 is 10.8 Å². The fraction of sp³-hybridized carbons (Fsp3) is 0.0400. The lowest BCUT2D eigenvalue weighted by Crippen LogP contribution is -2.17. The van der Waals surface area contributed by atoms with Crippen molar-refractivity contribution in [3.63, 3.8) is 0 Å². The standard InChI is InChI=1S/C25H19N3O4/c29-25(20-7-4-9-22(15-20)28(30)31)27-26-16-18-11-13-23(14-12-18)32-17-21-8-3-6-19-5-1-2-10-24(19)21/h1-16H,17H2,(H,27,29)/b26-16-. The number of non-ortho nitro benzene ring substituents is 1. The minimum Gasteiger partial charge on any atom is -0.489 e. The van der Waals surface area contributed by atoms with Crippen molar-refractivity contribution in [2.75, 3.05) is 0 Å². The summed E-state index contributed by atoms with van der Waals surface area (Å²) in [5.41, 5.74) is 4.25. The average Bonchev–Trinajstić information content (AvgIpc) is 2.83. The van der Waals surface area contributed by atoms with Crippen molar-refractivity contribution in [1.29, 1.82) is 0 Å². The molecule has 0 heterocycles. The van der Waals surface area contributed by atoms with Gasteiger partial charge in [0, 0.05) is 17.7 Å². The first kappa shape index (κ1) is 20.7. The molecule has 0 fully saturated rings. The minimum absolute atomic E-state index is 0.152. The molecule has 4 rings (SSSR count). The Morgan fingerprint density at radius 2 is 1.72 bits per heavy atom. The number of nitro groups is 1. The molecule has 7 heteroatoms. The summed E-state index contributed by atoms with van der Waals surface area (Å²) in [6.45, 7) is 0.452. The summed E-state index contributed by atoms with van der Waals surface area (Å²) < 4.78 is 5.92. The maximum atomic E-state index is 12.1. The zero-order chi connectivity index (χ0) is 22.3. The molecule has 0 atom stereocenters. The van der Waals surface area contributed by atoms with Crippen LogP contribution in [0.4, 0.5) is 5.69 Å². The maximum Gasteiger partial charge on any atom is 0.271 e. The van der Waals surface area contributed by atoms with Gasteiger partial charge in [-0.25, -0.2) is 5.43 Å². The number of amides is 1. The number of nitrogens with one attached hydrogen (secondary N) is 1. The first-order chi connectivity index (χ1) is 15.6. The SMILES string of the molecule is O=C(N/N=C\c1ccc(OCc2cccc3ccccc23)cc1)c1cccc([N+](=O)[O-])c1. The Morgan fingerprint density at radius 3 is 2.53 bits per heavy atom. The van der Waals surface area contributed by atoms with E-state index in [2.05, 4.69) is 28.7 Å². The van der Waals surface area contributed by atoms with Crippen molar-refractivity contribution < 1.29 is 14.5 Å². The van der Waals surface area contributed by atoms with E-state index in [1.165, 1.54) is 41.3 Å². The third kappa shape index (κ3) is 4.96. The molecule has 0 spiro atoms. The van der Waals surface area contributed by atoms with Crippen LogP contribution in [-0.4, -0.2) is 17.0 Å². The molecule has 32 heavy (non-hydrogen) atoms. The van der Waals surface area contributed by atoms with Gasteiger partial charge < -0.3 is 4.74 Å². The molecule has 0 aliphatic heterocycles. The number of nitro benzene ring substituents is 1. The van der Waals surface area contributed by atoms with Crippen LogP contribution in [0.25, 0.3) is 10.8 Å². The Morgan fingerprint density at radius 1 is 0.969 bits per heavy atom. The topological polar surface area (TPSA) is 93.8 Å². The molecule has 0 aromatic heterocycles. The van der Waals surface area contributed by atoms with Crippen LogP contribution in [0.3, 0.4) is 0 Å². The van der Waals surface area contributed by atoms with Crippen molar-refractivity contribution in [3.8, 4) is 5.75 Å². The van der Waals surface area contributed by atoms with Gasteiger partial charge in [0.1, 0.15) is 12.4 Å². The molecule has 1 N–H and O–H groups in total. The fourth-order valence-electron chi connectivity index (χ4n) is 3.22. The zero-order valence-electron chi connectivity index (χ0n) is 17.0. The van der Waals surface area contributed by atoms with Gasteiger partial charge in [-0.1, -0.05) is 48.5 Å². The van der Waals surface area contributed by atoms with Gasteiger partial charge in [0.2, 0.25) is 0 Å². The van der Waals surface area contributed by atoms with E-state index in [9.17, 15) is 14.9 Å². The smallest absolute Gasteiger partial charge is 0.271 e. The third-order valence-corrected chi connectivity index (χ3v) is 4.85. The average molecular weight is 425 g/mol. The molecule has 1 amide bonds. The number of hydrogen-bond donors (Lipinski definition) is 1. The fourth-order valence-corrected chi connectivity index (χ4v) is 3.22. The number of hydrazone groups is 1. The highest BCUT2D eigenvalue weighted by molar-refractivity contribution is 5.95. The van der Waals surface area contributed by atoms with Gasteiger partial charge in [-0.15, -0.1) is 0 Å². The highest BCUT2D eigenvalue weighted by atomic mass is 16.6. The normalized spacial score (nSPS) is 10.9. The molecule has 0 unspecified atom stereocenters. The van der Waals surface area contributed by atoms with Gasteiger partial charge in [0.05, 0.1) is 11.1 Å². The number of carbonyl (C=O) groups is 1. The molecule has 158 valence electrons. The molecular weight excluding hydrogens is 406 g/mol. The van der Waals surface area contributed by atoms with Gasteiger partial charge in [0.25, 0.3) is 11.6 Å². The van der Waals surface area contributed by atoms with Crippen LogP contribution < -0.4 is 10.2 Å². The Labute approximate surface area is 184 Å². The number of carbonyl (C=O) groups excluding carboxylic acids is 1. The predicted molar refractivity (Wildman–Crippen MR) is 123 cm³/mol. The number of rotatable bonds is 7. The largest absolute Gasteiger partial charge is 0.489 e. The van der Waals surface area contributed by atoms with Crippen LogP contribution in [0.1, 0.15) is 21.5 Å². The van der Waals surface area contributed by atoms with Crippen molar-refractivity contribution in [3.05, 3.63) is 118 Å². The monoisotopic (exact) mass is 425 g/mol. The number of hydrogen-bond acceptors (Lipinski definition) is 5. The van der Waals surface area contributed by atoms with Crippen LogP contribution in [0.2, 0.25) is 0 Å². The molecule has 7 nitrogen and oxygen atoms in total. The van der Waals surface area contributed by atoms with Gasteiger partial charge >= 0.3 is 0 Å². The first-order valence-corrected chi connectivity index (χ1v) is 9.87. The number of benzene rings is 4. The lowest BCUT2D eigenvalue weighted by Gasteiger charge is -2.09. The lowest BCUT2D eigenvalue weighted by molar-refractivity contribution is -0.384. The molecule has 0 aliphatic carbocycles. The highest BCUT2D eigenvalue weighted by Crippen LogP contribution is 2.21. The van der Waals surface area contributed by atoms with Crippen LogP contribution in [0, 0.1) is 10.1 Å². The molecule has 0 bridgehead atoms. The van der Waals surface area contributed by atoms with Gasteiger partial charge in [-0.2, -0.15) is 5.10 Å². The van der Waals surface area contributed by atoms with E-state index >= 15 is 0 Å². The second-order valence-electron chi connectivity index (χ2n) is 7.00. The quantitative estimate of drug-likeness (QED) is 0.253. The third-order valence-electron chi connectivity index (χ3n) is 4.85. The Balaban J connectivity index is 1.34. The van der Waals surface area contributed by atoms with Crippen LogP contribution in [0.15, 0.2) is 96.1 Å². The van der Waals surface area contributed by atoms with Gasteiger partial charge in [-0.3, -0.25) is 14.9 Å². The number of fused-ring (bicyclic) bond motifs is 1. The van der Waals surface area contributed by atoms with Crippen molar-refractivity contribution in [2.24, 2.45) is 5.10 Å². The van der Waals surface area contributed by atoms with E-state index in [0.29, 0.717) is 6.61 Å². The maximum absolute atomic E-state index is 12.1. The second kappa shape index (κ2) is 9.53.